The zero-order chi connectivity index (χ0) is 14.8. The van der Waals surface area contributed by atoms with E-state index in [-0.39, 0.29) is 11.8 Å². The van der Waals surface area contributed by atoms with Gasteiger partial charge in [0, 0.05) is 20.6 Å². The zero-order valence-electron chi connectivity index (χ0n) is 12.0. The molecular weight excluding hydrogens is 254 g/mol. The average Bonchev–Trinajstić information content (AvgIpc) is 2.37. The lowest BCUT2D eigenvalue weighted by Crippen LogP contribution is -2.47. The number of rotatable bonds is 4. The van der Waals surface area contributed by atoms with Crippen LogP contribution < -0.4 is 11.1 Å². The monoisotopic (exact) mass is 275 g/mol. The third-order valence-electron chi connectivity index (χ3n) is 3.99. The maximum Gasteiger partial charge on any atom is 0.255 e. The van der Waals surface area contributed by atoms with Gasteiger partial charge in [-0.1, -0.05) is 18.6 Å². The molecule has 1 aliphatic carbocycles. The summed E-state index contributed by atoms with van der Waals surface area (Å²) in [5, 5.41) is 2.87. The van der Waals surface area contributed by atoms with Gasteiger partial charge in [0.25, 0.3) is 5.91 Å². The third kappa shape index (κ3) is 2.54. The minimum Gasteiger partial charge on any atom is -0.345 e. The second kappa shape index (κ2) is 5.63. The van der Waals surface area contributed by atoms with Gasteiger partial charge in [0.2, 0.25) is 5.91 Å². The largest absolute Gasteiger partial charge is 0.345 e. The van der Waals surface area contributed by atoms with Crippen molar-refractivity contribution in [1.82, 2.24) is 4.90 Å². The fraction of sp³-hybridized carbons (Fsp3) is 0.467. The quantitative estimate of drug-likeness (QED) is 0.873. The number of para-hydroxylation sites is 1. The lowest BCUT2D eigenvalue weighted by molar-refractivity contribution is -0.129. The molecule has 5 heteroatoms. The van der Waals surface area contributed by atoms with Crippen molar-refractivity contribution >= 4 is 17.5 Å². The second-order valence-electron chi connectivity index (χ2n) is 5.54. The van der Waals surface area contributed by atoms with Gasteiger partial charge in [-0.3, -0.25) is 9.59 Å². The number of hydrogen-bond acceptors (Lipinski definition) is 3. The Hall–Kier alpha value is -1.88. The molecule has 3 N–H and O–H groups in total. The Labute approximate surface area is 119 Å². The van der Waals surface area contributed by atoms with Gasteiger partial charge in [-0.05, 0) is 25.0 Å². The topological polar surface area (TPSA) is 75.4 Å². The number of amides is 2. The van der Waals surface area contributed by atoms with Crippen LogP contribution in [-0.2, 0) is 4.79 Å². The molecule has 0 heterocycles. The molecule has 1 aliphatic rings. The van der Waals surface area contributed by atoms with Gasteiger partial charge in [-0.15, -0.1) is 0 Å². The molecule has 0 aliphatic heterocycles. The molecule has 1 fully saturated rings. The van der Waals surface area contributed by atoms with Crippen LogP contribution in [0.4, 0.5) is 5.69 Å². The van der Waals surface area contributed by atoms with E-state index in [0.717, 1.165) is 19.3 Å². The lowest BCUT2D eigenvalue weighted by Gasteiger charge is -2.39. The highest BCUT2D eigenvalue weighted by Gasteiger charge is 2.43. The molecule has 0 unspecified atom stereocenters. The minimum absolute atomic E-state index is 0.0785. The highest BCUT2D eigenvalue weighted by Crippen LogP contribution is 2.41. The third-order valence-corrected chi connectivity index (χ3v) is 3.99. The number of benzene rings is 1. The van der Waals surface area contributed by atoms with Crippen LogP contribution in [0.2, 0.25) is 0 Å². The minimum atomic E-state index is -0.450. The fourth-order valence-corrected chi connectivity index (χ4v) is 2.40. The highest BCUT2D eigenvalue weighted by atomic mass is 16.2. The first kappa shape index (κ1) is 14.5. The summed E-state index contributed by atoms with van der Waals surface area (Å²) >= 11 is 0. The molecule has 1 saturated carbocycles. The fourth-order valence-electron chi connectivity index (χ4n) is 2.40. The second-order valence-corrected chi connectivity index (χ2v) is 5.54. The average molecular weight is 275 g/mol. The van der Waals surface area contributed by atoms with Gasteiger partial charge in [0.05, 0.1) is 16.7 Å². The van der Waals surface area contributed by atoms with E-state index >= 15 is 0 Å². The normalized spacial score (nSPS) is 16.1. The predicted octanol–water partition coefficient (Wildman–Crippen LogP) is 1.46. The Morgan fingerprint density at radius 3 is 2.45 bits per heavy atom. The number of carbonyl (C=O) groups is 2. The van der Waals surface area contributed by atoms with Crippen LogP contribution in [0.5, 0.6) is 0 Å². The molecule has 108 valence electrons. The smallest absolute Gasteiger partial charge is 0.255 e. The van der Waals surface area contributed by atoms with Crippen molar-refractivity contribution in [2.24, 2.45) is 11.1 Å². The number of nitrogens with zero attached hydrogens (tertiary/aromatic N) is 1. The molecule has 5 nitrogen and oxygen atoms in total. The summed E-state index contributed by atoms with van der Waals surface area (Å²) in [6, 6.07) is 7.05. The van der Waals surface area contributed by atoms with Crippen LogP contribution >= 0.6 is 0 Å². The summed E-state index contributed by atoms with van der Waals surface area (Å²) in [6.07, 6.45) is 2.67. The van der Waals surface area contributed by atoms with E-state index in [9.17, 15) is 9.59 Å². The van der Waals surface area contributed by atoms with Gasteiger partial charge in [0.15, 0.2) is 0 Å². The molecule has 0 atom stereocenters. The van der Waals surface area contributed by atoms with Crippen molar-refractivity contribution in [1.29, 1.82) is 0 Å². The zero-order valence-corrected chi connectivity index (χ0v) is 12.0. The van der Waals surface area contributed by atoms with Crippen LogP contribution in [0.1, 0.15) is 29.6 Å². The van der Waals surface area contributed by atoms with E-state index in [1.165, 1.54) is 4.90 Å². The van der Waals surface area contributed by atoms with Crippen molar-refractivity contribution in [3.63, 3.8) is 0 Å². The van der Waals surface area contributed by atoms with Gasteiger partial charge >= 0.3 is 0 Å². The summed E-state index contributed by atoms with van der Waals surface area (Å²) in [7, 11) is 3.38. The van der Waals surface area contributed by atoms with E-state index in [1.807, 2.05) is 0 Å². The van der Waals surface area contributed by atoms with Gasteiger partial charge in [0.1, 0.15) is 0 Å². The van der Waals surface area contributed by atoms with Gasteiger partial charge in [-0.25, -0.2) is 0 Å². The van der Waals surface area contributed by atoms with E-state index in [1.54, 1.807) is 38.4 Å². The maximum atomic E-state index is 12.4. The first-order valence-corrected chi connectivity index (χ1v) is 6.82. The molecule has 0 spiro atoms. The predicted molar refractivity (Wildman–Crippen MR) is 78.4 cm³/mol. The van der Waals surface area contributed by atoms with Crippen LogP contribution in [0.3, 0.4) is 0 Å². The standard InChI is InChI=1S/C15H21N3O2/c1-18(2)13(19)11-6-3-4-7-12(11)17-14(20)15(10-16)8-5-9-15/h3-4,6-7H,5,8-10,16H2,1-2H3,(H,17,20). The maximum absolute atomic E-state index is 12.4. The number of nitrogens with two attached hydrogens (primary N) is 1. The number of carbonyl (C=O) groups excluding carboxylic acids is 2. The Bertz CT molecular complexity index is 516. The molecule has 1 aromatic carbocycles. The van der Waals surface area contributed by atoms with Crippen LogP contribution in [0.15, 0.2) is 24.3 Å². The van der Waals surface area contributed by atoms with Crippen LogP contribution in [-0.4, -0.2) is 37.4 Å². The summed E-state index contributed by atoms with van der Waals surface area (Å²) in [6.45, 7) is 0.350. The first-order valence-electron chi connectivity index (χ1n) is 6.82. The first-order chi connectivity index (χ1) is 9.50. The summed E-state index contributed by atoms with van der Waals surface area (Å²) in [5.41, 5.74) is 6.33. The Morgan fingerprint density at radius 2 is 1.95 bits per heavy atom. The molecular formula is C15H21N3O2. The SMILES string of the molecule is CN(C)C(=O)c1ccccc1NC(=O)C1(CN)CCC1. The molecule has 0 radical (unpaired) electrons. The van der Waals surface area contributed by atoms with Crippen molar-refractivity contribution in [3.05, 3.63) is 29.8 Å². The highest BCUT2D eigenvalue weighted by molar-refractivity contribution is 6.05. The number of nitrogens with one attached hydrogen (secondary N) is 1. The molecule has 0 saturated heterocycles. The molecule has 20 heavy (non-hydrogen) atoms. The van der Waals surface area contributed by atoms with E-state index in [2.05, 4.69) is 5.32 Å². The molecule has 0 bridgehead atoms. The molecule has 0 aromatic heterocycles. The van der Waals surface area contributed by atoms with E-state index < -0.39 is 5.41 Å². The number of hydrogen-bond donors (Lipinski definition) is 2. The van der Waals surface area contributed by atoms with E-state index in [4.69, 9.17) is 5.73 Å². The summed E-state index contributed by atoms with van der Waals surface area (Å²) < 4.78 is 0. The van der Waals surface area contributed by atoms with E-state index in [0.29, 0.717) is 17.8 Å². The summed E-state index contributed by atoms with van der Waals surface area (Å²) in [4.78, 5) is 26.0. The van der Waals surface area contributed by atoms with Crippen LogP contribution in [0.25, 0.3) is 0 Å². The van der Waals surface area contributed by atoms with Gasteiger partial charge in [-0.2, -0.15) is 0 Å². The van der Waals surface area contributed by atoms with Gasteiger partial charge < -0.3 is 16.0 Å². The van der Waals surface area contributed by atoms with Crippen molar-refractivity contribution in [2.75, 3.05) is 26.0 Å². The Balaban J connectivity index is 2.21. The van der Waals surface area contributed by atoms with Crippen molar-refractivity contribution in [3.8, 4) is 0 Å². The van der Waals surface area contributed by atoms with Crippen LogP contribution in [0, 0.1) is 5.41 Å². The van der Waals surface area contributed by atoms with Crippen molar-refractivity contribution < 1.29 is 9.59 Å². The number of anilines is 1. The Morgan fingerprint density at radius 1 is 1.30 bits per heavy atom. The van der Waals surface area contributed by atoms with Crippen molar-refractivity contribution in [2.45, 2.75) is 19.3 Å². The summed E-state index contributed by atoms with van der Waals surface area (Å²) in [5.74, 6) is -0.207. The molecule has 1 aromatic rings. The molecule has 2 rings (SSSR count). The lowest BCUT2D eigenvalue weighted by atomic mass is 9.68. The Kier molecular flexibility index (Phi) is 4.09. The molecule has 2 amide bonds.